The molecule has 0 saturated carbocycles. The van der Waals surface area contributed by atoms with Crippen molar-refractivity contribution in [3.05, 3.63) is 107 Å². The molecule has 1 aromatic heterocycles. The Morgan fingerprint density at radius 3 is 2.23 bits per heavy atom. The minimum absolute atomic E-state index is 0.116. The van der Waals surface area contributed by atoms with Crippen LogP contribution in [-0.4, -0.2) is 40.5 Å². The number of aromatic nitrogens is 1. The number of hydrogen-bond acceptors (Lipinski definition) is 6. The Morgan fingerprint density at radius 1 is 0.932 bits per heavy atom. The number of pyridine rings is 1. The summed E-state index contributed by atoms with van der Waals surface area (Å²) in [6.07, 6.45) is 4.10. The highest BCUT2D eigenvalue weighted by molar-refractivity contribution is 6.30. The first-order chi connectivity index (χ1) is 21.2. The number of rotatable bonds is 8. The number of esters is 1. The smallest absolute Gasteiger partial charge is 0.339 e. The van der Waals surface area contributed by atoms with Crippen LogP contribution in [0, 0.1) is 18.8 Å². The highest BCUT2D eigenvalue weighted by Gasteiger charge is 2.47. The number of hydrogen-bond donors (Lipinski definition) is 0. The Morgan fingerprint density at radius 2 is 1.59 bits per heavy atom. The van der Waals surface area contributed by atoms with Gasteiger partial charge in [-0.2, -0.15) is 0 Å². The second-order valence-electron chi connectivity index (χ2n) is 11.0. The number of imide groups is 1. The molecule has 6 rings (SSSR count). The number of carbonyl (C=O) groups excluding carboxylic acids is 4. The third-order valence-electron chi connectivity index (χ3n) is 8.15. The lowest BCUT2D eigenvalue weighted by molar-refractivity contribution is -0.122. The van der Waals surface area contributed by atoms with E-state index in [1.807, 2.05) is 37.3 Å². The first-order valence-electron chi connectivity index (χ1n) is 14.4. The number of amides is 2. The van der Waals surface area contributed by atoms with Crippen molar-refractivity contribution in [3.8, 4) is 11.3 Å². The topological polar surface area (TPSA) is 93.6 Å². The fourth-order valence-electron chi connectivity index (χ4n) is 5.83. The van der Waals surface area contributed by atoms with Crippen molar-refractivity contribution >= 4 is 63.4 Å². The summed E-state index contributed by atoms with van der Waals surface area (Å²) >= 11 is 12.0. The zero-order chi connectivity index (χ0) is 31.0. The third kappa shape index (κ3) is 5.65. The Labute approximate surface area is 264 Å². The van der Waals surface area contributed by atoms with Gasteiger partial charge in [0.15, 0.2) is 6.10 Å². The number of anilines is 1. The molecule has 2 heterocycles. The van der Waals surface area contributed by atoms with Crippen LogP contribution in [-0.2, 0) is 14.3 Å². The van der Waals surface area contributed by atoms with Gasteiger partial charge in [-0.25, -0.2) is 9.78 Å². The van der Waals surface area contributed by atoms with Crippen molar-refractivity contribution < 1.29 is 23.9 Å². The Hall–Kier alpha value is -4.33. The van der Waals surface area contributed by atoms with Crippen molar-refractivity contribution in [1.82, 2.24) is 4.98 Å². The van der Waals surface area contributed by atoms with Crippen LogP contribution in [0.15, 0.2) is 84.9 Å². The van der Waals surface area contributed by atoms with E-state index < -0.39 is 12.1 Å². The molecule has 1 aliphatic carbocycles. The number of Topliss-reactive ketones (excluding diaryl/α,β-unsaturated/α-hetero) is 1. The molecule has 1 fully saturated rings. The molecule has 2 aliphatic rings. The first kappa shape index (κ1) is 29.7. The van der Waals surface area contributed by atoms with Crippen LogP contribution in [0.1, 0.15) is 45.5 Å². The Bertz CT molecular complexity index is 1790. The van der Waals surface area contributed by atoms with Gasteiger partial charge in [-0.15, -0.1) is 11.6 Å². The van der Waals surface area contributed by atoms with Crippen LogP contribution in [0.2, 0.25) is 5.02 Å². The van der Waals surface area contributed by atoms with Gasteiger partial charge in [0, 0.05) is 33.8 Å². The van der Waals surface area contributed by atoms with Gasteiger partial charge in [-0.1, -0.05) is 47.5 Å². The molecule has 1 aliphatic heterocycles. The van der Waals surface area contributed by atoms with E-state index in [1.54, 1.807) is 54.6 Å². The molecule has 4 aromatic rings. The fraction of sp³-hybridized carbons (Fsp3) is 0.229. The van der Waals surface area contributed by atoms with Gasteiger partial charge in [0.05, 0.1) is 34.3 Å². The summed E-state index contributed by atoms with van der Waals surface area (Å²) in [5.41, 5.74) is 3.78. The van der Waals surface area contributed by atoms with E-state index in [2.05, 4.69) is 0 Å². The van der Waals surface area contributed by atoms with Crippen molar-refractivity contribution in [2.75, 3.05) is 10.8 Å². The monoisotopic (exact) mass is 626 g/mol. The van der Waals surface area contributed by atoms with Gasteiger partial charge in [0.1, 0.15) is 0 Å². The molecule has 3 aromatic carbocycles. The molecule has 2 amide bonds. The van der Waals surface area contributed by atoms with Crippen LogP contribution in [0.5, 0.6) is 0 Å². The van der Waals surface area contributed by atoms with Crippen molar-refractivity contribution in [3.63, 3.8) is 0 Å². The van der Waals surface area contributed by atoms with E-state index in [0.717, 1.165) is 5.56 Å². The lowest BCUT2D eigenvalue weighted by Gasteiger charge is -2.18. The van der Waals surface area contributed by atoms with Gasteiger partial charge in [-0.3, -0.25) is 19.3 Å². The summed E-state index contributed by atoms with van der Waals surface area (Å²) in [7, 11) is 0. The zero-order valence-electron chi connectivity index (χ0n) is 23.8. The first-order valence-corrected chi connectivity index (χ1v) is 15.3. The standard InChI is InChI=1S/C35H28Cl2N2O5/c1-20-6-15-29-27(18-20)28(35(43)44-31(16-17-36)32(40)22-7-11-23(37)12-8-22)19-30(38-29)21-9-13-24(14-10-21)39-33(41)25-4-2-3-5-26(25)34(39)42/h2-3,6-15,18-19,25-26,31H,4-5,16-17H2,1H3. The van der Waals surface area contributed by atoms with E-state index in [0.29, 0.717) is 51.3 Å². The van der Waals surface area contributed by atoms with E-state index in [4.69, 9.17) is 32.9 Å². The van der Waals surface area contributed by atoms with E-state index in [1.165, 1.54) is 4.90 Å². The molecular weight excluding hydrogens is 599 g/mol. The van der Waals surface area contributed by atoms with Gasteiger partial charge in [0.25, 0.3) is 0 Å². The van der Waals surface area contributed by atoms with Gasteiger partial charge >= 0.3 is 5.97 Å². The molecular formula is C35H28Cl2N2O5. The molecule has 222 valence electrons. The molecule has 0 spiro atoms. The molecule has 7 nitrogen and oxygen atoms in total. The fourth-order valence-corrected chi connectivity index (χ4v) is 6.15. The average molecular weight is 628 g/mol. The molecule has 0 radical (unpaired) electrons. The average Bonchev–Trinajstić information content (AvgIpc) is 3.29. The minimum Gasteiger partial charge on any atom is -0.450 e. The number of aryl methyl sites for hydroxylation is 1. The molecule has 9 heteroatoms. The lowest BCUT2D eigenvalue weighted by Crippen LogP contribution is -2.30. The summed E-state index contributed by atoms with van der Waals surface area (Å²) in [5, 5.41) is 1.07. The normalized spacial score (nSPS) is 18.4. The minimum atomic E-state index is -1.09. The van der Waals surface area contributed by atoms with E-state index >= 15 is 0 Å². The van der Waals surface area contributed by atoms with Gasteiger partial charge in [-0.05, 0) is 74.4 Å². The number of ether oxygens (including phenoxy) is 1. The predicted molar refractivity (Wildman–Crippen MR) is 170 cm³/mol. The van der Waals surface area contributed by atoms with Crippen LogP contribution in [0.4, 0.5) is 5.69 Å². The lowest BCUT2D eigenvalue weighted by atomic mass is 9.85. The number of carbonyl (C=O) groups is 4. The van der Waals surface area contributed by atoms with Crippen molar-refractivity contribution in [2.24, 2.45) is 11.8 Å². The number of alkyl halides is 1. The summed E-state index contributed by atoms with van der Waals surface area (Å²) in [4.78, 5) is 59.1. The molecule has 1 saturated heterocycles. The molecule has 3 atom stereocenters. The van der Waals surface area contributed by atoms with Crippen LogP contribution in [0.3, 0.4) is 0 Å². The molecule has 3 unspecified atom stereocenters. The maximum atomic E-state index is 13.7. The summed E-state index contributed by atoms with van der Waals surface area (Å²) in [5.74, 6) is -1.93. The number of benzene rings is 3. The highest BCUT2D eigenvalue weighted by Crippen LogP contribution is 2.38. The largest absolute Gasteiger partial charge is 0.450 e. The maximum Gasteiger partial charge on any atom is 0.339 e. The number of allylic oxidation sites excluding steroid dienone is 2. The van der Waals surface area contributed by atoms with Crippen molar-refractivity contribution in [1.29, 1.82) is 0 Å². The molecule has 0 N–H and O–H groups in total. The summed E-state index contributed by atoms with van der Waals surface area (Å²) < 4.78 is 5.80. The van der Waals surface area contributed by atoms with E-state index in [-0.39, 0.29) is 47.3 Å². The highest BCUT2D eigenvalue weighted by atomic mass is 35.5. The predicted octanol–water partition coefficient (Wildman–Crippen LogP) is 7.36. The number of ketones is 1. The van der Waals surface area contributed by atoms with Gasteiger partial charge in [0.2, 0.25) is 17.6 Å². The van der Waals surface area contributed by atoms with E-state index in [9.17, 15) is 19.2 Å². The molecule has 0 bridgehead atoms. The molecule has 44 heavy (non-hydrogen) atoms. The van der Waals surface area contributed by atoms with Crippen LogP contribution >= 0.6 is 23.2 Å². The van der Waals surface area contributed by atoms with Crippen LogP contribution in [0.25, 0.3) is 22.2 Å². The zero-order valence-corrected chi connectivity index (χ0v) is 25.3. The number of fused-ring (bicyclic) bond motifs is 2. The maximum absolute atomic E-state index is 13.7. The third-order valence-corrected chi connectivity index (χ3v) is 8.62. The number of halogens is 2. The van der Waals surface area contributed by atoms with Crippen LogP contribution < -0.4 is 4.90 Å². The van der Waals surface area contributed by atoms with Crippen molar-refractivity contribution in [2.45, 2.75) is 32.3 Å². The summed E-state index contributed by atoms with van der Waals surface area (Å²) in [6.45, 7) is 1.91. The number of nitrogens with zero attached hydrogens (tertiary/aromatic N) is 2. The van der Waals surface area contributed by atoms with Gasteiger partial charge < -0.3 is 4.74 Å². The second-order valence-corrected chi connectivity index (χ2v) is 11.8. The second kappa shape index (κ2) is 12.3. The summed E-state index contributed by atoms with van der Waals surface area (Å²) in [6, 6.07) is 20.6. The quantitative estimate of drug-likeness (QED) is 0.0667. The SMILES string of the molecule is Cc1ccc2nc(-c3ccc(N4C(=O)C5CC=CCC5C4=O)cc3)cc(C(=O)OC(CCCl)C(=O)c3ccc(Cl)cc3)c2c1. The Kier molecular flexibility index (Phi) is 8.34. The Balaban J connectivity index is 1.32.